The lowest BCUT2D eigenvalue weighted by Gasteiger charge is -2.10. The van der Waals surface area contributed by atoms with E-state index in [1.54, 1.807) is 42.5 Å². The van der Waals surface area contributed by atoms with Crippen molar-refractivity contribution in [3.05, 3.63) is 59.7 Å². The van der Waals surface area contributed by atoms with Gasteiger partial charge in [-0.25, -0.2) is 4.79 Å². The Morgan fingerprint density at radius 3 is 2.50 bits per heavy atom. The van der Waals surface area contributed by atoms with Crippen molar-refractivity contribution in [1.29, 1.82) is 0 Å². The second-order valence-corrected chi connectivity index (χ2v) is 5.27. The van der Waals surface area contributed by atoms with Crippen LogP contribution in [0.1, 0.15) is 15.9 Å². The third-order valence-electron chi connectivity index (χ3n) is 3.45. The number of hydrogen-bond acceptors (Lipinski definition) is 6. The van der Waals surface area contributed by atoms with Gasteiger partial charge in [0.2, 0.25) is 0 Å². The maximum absolute atomic E-state index is 12.0. The predicted molar refractivity (Wildman–Crippen MR) is 94.1 cm³/mol. The first-order valence-corrected chi connectivity index (χ1v) is 7.79. The summed E-state index contributed by atoms with van der Waals surface area (Å²) < 4.78 is 14.7. The number of carbonyl (C=O) groups is 3. The smallest absolute Gasteiger partial charge is 0.339 e. The zero-order valence-corrected chi connectivity index (χ0v) is 14.5. The summed E-state index contributed by atoms with van der Waals surface area (Å²) in [4.78, 5) is 35.5. The molecule has 0 aromatic heterocycles. The van der Waals surface area contributed by atoms with Gasteiger partial charge in [-0.15, -0.1) is 0 Å². The molecule has 0 aliphatic carbocycles. The molecule has 0 radical (unpaired) electrons. The fourth-order valence-corrected chi connectivity index (χ4v) is 2.21. The Hall–Kier alpha value is -3.35. The fraction of sp³-hybridized carbons (Fsp3) is 0.211. The maximum atomic E-state index is 12.0. The number of rotatable bonds is 7. The van der Waals surface area contributed by atoms with Crippen molar-refractivity contribution >= 4 is 23.5 Å². The van der Waals surface area contributed by atoms with Gasteiger partial charge in [-0.2, -0.15) is 0 Å². The molecule has 7 heteroatoms. The Labute approximate surface area is 150 Å². The van der Waals surface area contributed by atoms with Crippen LogP contribution in [0.25, 0.3) is 0 Å². The molecule has 0 bridgehead atoms. The average molecular weight is 357 g/mol. The Balaban J connectivity index is 1.89. The monoisotopic (exact) mass is 357 g/mol. The molecule has 26 heavy (non-hydrogen) atoms. The molecule has 1 N–H and O–H groups in total. The number of anilines is 1. The van der Waals surface area contributed by atoms with Crippen LogP contribution in [-0.2, 0) is 25.5 Å². The number of ether oxygens (including phenoxy) is 3. The SMILES string of the molecule is COC(=O)c1ccccc1NC(=O)COC(=O)Cc1cccc(OC)c1. The molecule has 0 spiro atoms. The quantitative estimate of drug-likeness (QED) is 0.764. The van der Waals surface area contributed by atoms with Gasteiger partial charge < -0.3 is 19.5 Å². The normalized spacial score (nSPS) is 9.92. The highest BCUT2D eigenvalue weighted by Crippen LogP contribution is 2.16. The van der Waals surface area contributed by atoms with Crippen molar-refractivity contribution in [2.75, 3.05) is 26.1 Å². The van der Waals surface area contributed by atoms with E-state index in [1.165, 1.54) is 20.3 Å². The van der Waals surface area contributed by atoms with Gasteiger partial charge in [0.25, 0.3) is 5.91 Å². The Morgan fingerprint density at radius 1 is 1.00 bits per heavy atom. The molecule has 0 fully saturated rings. The zero-order valence-electron chi connectivity index (χ0n) is 14.5. The first kappa shape index (κ1) is 19.0. The minimum Gasteiger partial charge on any atom is -0.497 e. The number of para-hydroxylation sites is 1. The van der Waals surface area contributed by atoms with Crippen LogP contribution in [0.15, 0.2) is 48.5 Å². The molecule has 0 atom stereocenters. The molecule has 0 aliphatic rings. The molecule has 0 saturated carbocycles. The lowest BCUT2D eigenvalue weighted by atomic mass is 10.1. The van der Waals surface area contributed by atoms with Crippen LogP contribution >= 0.6 is 0 Å². The molecule has 2 rings (SSSR count). The molecular formula is C19H19NO6. The van der Waals surface area contributed by atoms with E-state index < -0.39 is 24.5 Å². The van der Waals surface area contributed by atoms with E-state index in [-0.39, 0.29) is 17.7 Å². The Kier molecular flexibility index (Phi) is 6.73. The lowest BCUT2D eigenvalue weighted by Crippen LogP contribution is -2.22. The van der Waals surface area contributed by atoms with E-state index in [0.717, 1.165) is 0 Å². The van der Waals surface area contributed by atoms with Gasteiger partial charge in [0.1, 0.15) is 5.75 Å². The van der Waals surface area contributed by atoms with Crippen LogP contribution in [-0.4, -0.2) is 38.7 Å². The average Bonchev–Trinajstić information content (AvgIpc) is 2.66. The number of hydrogen-bond donors (Lipinski definition) is 1. The summed E-state index contributed by atoms with van der Waals surface area (Å²) in [5, 5.41) is 2.53. The van der Waals surface area contributed by atoms with Gasteiger partial charge in [0.05, 0.1) is 31.9 Å². The van der Waals surface area contributed by atoms with E-state index in [2.05, 4.69) is 10.1 Å². The summed E-state index contributed by atoms with van der Waals surface area (Å²) in [7, 11) is 2.79. The molecular weight excluding hydrogens is 338 g/mol. The van der Waals surface area contributed by atoms with Crippen LogP contribution in [0.4, 0.5) is 5.69 Å². The summed E-state index contributed by atoms with van der Waals surface area (Å²) in [6, 6.07) is 13.4. The van der Waals surface area contributed by atoms with Gasteiger partial charge in [-0.3, -0.25) is 9.59 Å². The topological polar surface area (TPSA) is 90.9 Å². The van der Waals surface area contributed by atoms with Crippen molar-refractivity contribution in [3.63, 3.8) is 0 Å². The summed E-state index contributed by atoms with van der Waals surface area (Å²) in [5.41, 5.74) is 1.21. The summed E-state index contributed by atoms with van der Waals surface area (Å²) in [6.07, 6.45) is 0.0171. The van der Waals surface area contributed by atoms with Gasteiger partial charge in [-0.05, 0) is 29.8 Å². The highest BCUT2D eigenvalue weighted by Gasteiger charge is 2.14. The predicted octanol–water partition coefficient (Wildman–Crippen LogP) is 2.21. The maximum Gasteiger partial charge on any atom is 0.339 e. The van der Waals surface area contributed by atoms with Gasteiger partial charge in [0, 0.05) is 0 Å². The Morgan fingerprint density at radius 2 is 1.77 bits per heavy atom. The van der Waals surface area contributed by atoms with Gasteiger partial charge in [-0.1, -0.05) is 24.3 Å². The highest BCUT2D eigenvalue weighted by molar-refractivity contribution is 6.01. The molecule has 7 nitrogen and oxygen atoms in total. The van der Waals surface area contributed by atoms with Crippen molar-refractivity contribution in [2.24, 2.45) is 0 Å². The minimum absolute atomic E-state index is 0.0171. The second kappa shape index (κ2) is 9.22. The van der Waals surface area contributed by atoms with E-state index in [9.17, 15) is 14.4 Å². The van der Waals surface area contributed by atoms with Crippen molar-refractivity contribution < 1.29 is 28.6 Å². The number of nitrogens with one attached hydrogen (secondary N) is 1. The van der Waals surface area contributed by atoms with Crippen molar-refractivity contribution in [2.45, 2.75) is 6.42 Å². The zero-order chi connectivity index (χ0) is 18.9. The number of methoxy groups -OCH3 is 2. The highest BCUT2D eigenvalue weighted by atomic mass is 16.5. The molecule has 0 heterocycles. The fourth-order valence-electron chi connectivity index (χ4n) is 2.21. The van der Waals surface area contributed by atoms with E-state index in [0.29, 0.717) is 11.3 Å². The van der Waals surface area contributed by atoms with Crippen LogP contribution in [0, 0.1) is 0 Å². The van der Waals surface area contributed by atoms with Gasteiger partial charge >= 0.3 is 11.9 Å². The summed E-state index contributed by atoms with van der Waals surface area (Å²) >= 11 is 0. The largest absolute Gasteiger partial charge is 0.497 e. The van der Waals surface area contributed by atoms with Crippen molar-refractivity contribution in [1.82, 2.24) is 0 Å². The first-order valence-electron chi connectivity index (χ1n) is 7.79. The minimum atomic E-state index is -0.573. The molecule has 0 unspecified atom stereocenters. The summed E-state index contributed by atoms with van der Waals surface area (Å²) in [6.45, 7) is -0.460. The molecule has 1 amide bonds. The number of esters is 2. The van der Waals surface area contributed by atoms with E-state index >= 15 is 0 Å². The molecule has 2 aromatic carbocycles. The molecule has 136 valence electrons. The first-order chi connectivity index (χ1) is 12.5. The molecule has 2 aromatic rings. The van der Waals surface area contributed by atoms with Crippen LogP contribution in [0.2, 0.25) is 0 Å². The summed E-state index contributed by atoms with van der Waals surface area (Å²) in [5.74, 6) is -1.04. The van der Waals surface area contributed by atoms with E-state index in [4.69, 9.17) is 9.47 Å². The van der Waals surface area contributed by atoms with E-state index in [1.807, 2.05) is 0 Å². The van der Waals surface area contributed by atoms with Gasteiger partial charge in [0.15, 0.2) is 6.61 Å². The van der Waals surface area contributed by atoms with Crippen LogP contribution < -0.4 is 10.1 Å². The second-order valence-electron chi connectivity index (χ2n) is 5.27. The number of amides is 1. The Bertz CT molecular complexity index is 802. The van der Waals surface area contributed by atoms with Crippen LogP contribution in [0.3, 0.4) is 0 Å². The van der Waals surface area contributed by atoms with Crippen molar-refractivity contribution in [3.8, 4) is 5.75 Å². The number of benzene rings is 2. The lowest BCUT2D eigenvalue weighted by molar-refractivity contribution is -0.146. The molecule has 0 saturated heterocycles. The van der Waals surface area contributed by atoms with Crippen LogP contribution in [0.5, 0.6) is 5.75 Å². The molecule has 0 aliphatic heterocycles. The third-order valence-corrected chi connectivity index (χ3v) is 3.45. The standard InChI is InChI=1S/C19H19NO6/c1-24-14-7-5-6-13(10-14)11-18(22)26-12-17(21)20-16-9-4-3-8-15(16)19(23)25-2/h3-10H,11-12H2,1-2H3,(H,20,21). The number of carbonyl (C=O) groups excluding carboxylic acids is 3. The third kappa shape index (κ3) is 5.34.